The van der Waals surface area contributed by atoms with E-state index in [1.165, 1.54) is 6.07 Å². The van der Waals surface area contributed by atoms with Crippen molar-refractivity contribution in [1.82, 2.24) is 4.98 Å². The molecule has 0 bridgehead atoms. The van der Waals surface area contributed by atoms with Crippen molar-refractivity contribution < 1.29 is 19.8 Å². The molecule has 2 aromatic rings. The molecule has 1 aromatic heterocycles. The van der Waals surface area contributed by atoms with Gasteiger partial charge in [0.2, 0.25) is 0 Å². The summed E-state index contributed by atoms with van der Waals surface area (Å²) in [6.45, 7) is 2.49. The van der Waals surface area contributed by atoms with E-state index in [1.54, 1.807) is 30.5 Å². The first kappa shape index (κ1) is 23.4. The maximum absolute atomic E-state index is 11.0. The zero-order chi connectivity index (χ0) is 21.1. The number of nitrogens with one attached hydrogen (secondary N) is 1. The van der Waals surface area contributed by atoms with E-state index in [4.69, 9.17) is 33.3 Å². The molecule has 0 aliphatic heterocycles. The van der Waals surface area contributed by atoms with Crippen molar-refractivity contribution in [3.8, 4) is 0 Å². The number of aliphatic carboxylic acids is 1. The van der Waals surface area contributed by atoms with Gasteiger partial charge in [0.05, 0.1) is 0 Å². The number of aromatic nitrogens is 1. The second-order valence-corrected chi connectivity index (χ2v) is 6.45. The molecule has 0 aliphatic carbocycles. The average Bonchev–Trinajstić information content (AvgIpc) is 2.65. The number of hydrogen-bond donors (Lipinski definition) is 5. The van der Waals surface area contributed by atoms with Crippen molar-refractivity contribution in [2.45, 2.75) is 32.2 Å². The molecule has 1 aromatic carbocycles. The van der Waals surface area contributed by atoms with Gasteiger partial charge >= 0.3 is 11.9 Å². The topological polar surface area (TPSA) is 152 Å². The van der Waals surface area contributed by atoms with Gasteiger partial charge in [-0.1, -0.05) is 18.0 Å². The molecule has 1 atom stereocenters. The van der Waals surface area contributed by atoms with E-state index in [1.807, 2.05) is 6.92 Å². The van der Waals surface area contributed by atoms with Gasteiger partial charge in [-0.15, -0.1) is 0 Å². The summed E-state index contributed by atoms with van der Waals surface area (Å²) < 4.78 is 0. The number of aromatic carboxylic acids is 1. The van der Waals surface area contributed by atoms with Crippen LogP contribution < -0.4 is 16.8 Å². The van der Waals surface area contributed by atoms with Gasteiger partial charge in [0, 0.05) is 16.9 Å². The third-order valence-electron chi connectivity index (χ3n) is 3.77. The Morgan fingerprint density at radius 1 is 1.25 bits per heavy atom. The van der Waals surface area contributed by atoms with Crippen LogP contribution in [0.5, 0.6) is 0 Å². The normalized spacial score (nSPS) is 11.1. The molecule has 28 heavy (non-hydrogen) atoms. The number of unbranched alkanes of at least 4 members (excludes halogenated alkanes) is 1. The van der Waals surface area contributed by atoms with Crippen molar-refractivity contribution in [3.05, 3.63) is 52.7 Å². The predicted octanol–water partition coefficient (Wildman–Crippen LogP) is 3.01. The van der Waals surface area contributed by atoms with Gasteiger partial charge in [0.15, 0.2) is 0 Å². The molecular weight excluding hydrogens is 384 g/mol. The zero-order valence-corrected chi connectivity index (χ0v) is 16.3. The van der Waals surface area contributed by atoms with Crippen LogP contribution in [0.1, 0.15) is 35.2 Å². The first-order valence-corrected chi connectivity index (χ1v) is 9.04. The zero-order valence-electron chi connectivity index (χ0n) is 15.6. The number of carbonyl (C=O) groups is 2. The minimum Gasteiger partial charge on any atom is -0.480 e. The highest BCUT2D eigenvalue weighted by Crippen LogP contribution is 2.24. The second kappa shape index (κ2) is 11.9. The number of pyridine rings is 1. The first-order chi connectivity index (χ1) is 13.3. The third-order valence-corrected chi connectivity index (χ3v) is 4.00. The Morgan fingerprint density at radius 2 is 1.96 bits per heavy atom. The molecule has 152 valence electrons. The molecule has 0 saturated heterocycles. The van der Waals surface area contributed by atoms with Crippen LogP contribution in [0, 0.1) is 6.92 Å². The number of rotatable bonds is 8. The molecule has 7 N–H and O–H groups in total. The highest BCUT2D eigenvalue weighted by molar-refractivity contribution is 6.30. The van der Waals surface area contributed by atoms with Gasteiger partial charge < -0.3 is 27.0 Å². The van der Waals surface area contributed by atoms with E-state index in [-0.39, 0.29) is 5.56 Å². The maximum Gasteiger partial charge on any atom is 0.339 e. The number of aryl methyl sites for hydroxylation is 1. The summed E-state index contributed by atoms with van der Waals surface area (Å²) in [6.07, 6.45) is 3.71. The second-order valence-electron chi connectivity index (χ2n) is 6.02. The monoisotopic (exact) mass is 408 g/mol. The van der Waals surface area contributed by atoms with Crippen LogP contribution in [0.3, 0.4) is 0 Å². The van der Waals surface area contributed by atoms with Gasteiger partial charge in [-0.05, 0) is 62.2 Å². The van der Waals surface area contributed by atoms with Gasteiger partial charge in [-0.3, -0.25) is 4.79 Å². The first-order valence-electron chi connectivity index (χ1n) is 8.66. The Morgan fingerprint density at radius 3 is 2.54 bits per heavy atom. The van der Waals surface area contributed by atoms with Crippen molar-refractivity contribution in [2.75, 3.05) is 11.9 Å². The highest BCUT2D eigenvalue weighted by atomic mass is 35.5. The quantitative estimate of drug-likeness (QED) is 0.418. The molecule has 0 saturated carbocycles. The van der Waals surface area contributed by atoms with E-state index < -0.39 is 18.0 Å². The predicted molar refractivity (Wildman–Crippen MR) is 109 cm³/mol. The summed E-state index contributed by atoms with van der Waals surface area (Å²) in [5.74, 6) is -1.63. The van der Waals surface area contributed by atoms with Gasteiger partial charge in [0.25, 0.3) is 0 Å². The summed E-state index contributed by atoms with van der Waals surface area (Å²) in [7, 11) is 0. The molecule has 0 spiro atoms. The van der Waals surface area contributed by atoms with E-state index in [0.717, 1.165) is 24.1 Å². The number of nitrogens with two attached hydrogens (primary N) is 2. The molecule has 0 amide bonds. The van der Waals surface area contributed by atoms with Crippen LogP contribution in [0.4, 0.5) is 11.5 Å². The molecule has 0 aliphatic rings. The smallest absolute Gasteiger partial charge is 0.339 e. The summed E-state index contributed by atoms with van der Waals surface area (Å²) in [6, 6.07) is 7.70. The maximum atomic E-state index is 11.0. The van der Waals surface area contributed by atoms with Crippen LogP contribution in [0.15, 0.2) is 36.5 Å². The lowest BCUT2D eigenvalue weighted by molar-refractivity contribution is -0.138. The van der Waals surface area contributed by atoms with E-state index in [9.17, 15) is 9.59 Å². The van der Waals surface area contributed by atoms with Crippen LogP contribution in [0.2, 0.25) is 5.02 Å². The number of nitrogens with zero attached hydrogens (tertiary/aromatic N) is 1. The number of carboxylic acid groups (broad SMARTS) is 2. The summed E-state index contributed by atoms with van der Waals surface area (Å²) in [4.78, 5) is 25.2. The highest BCUT2D eigenvalue weighted by Gasteiger charge is 2.11. The average molecular weight is 409 g/mol. The van der Waals surface area contributed by atoms with Crippen LogP contribution >= 0.6 is 11.6 Å². The lowest BCUT2D eigenvalue weighted by atomic mass is 10.1. The van der Waals surface area contributed by atoms with Crippen LogP contribution in [-0.2, 0) is 4.79 Å². The summed E-state index contributed by atoms with van der Waals surface area (Å²) in [5, 5.41) is 21.0. The number of anilines is 2. The van der Waals surface area contributed by atoms with Crippen molar-refractivity contribution in [3.63, 3.8) is 0 Å². The van der Waals surface area contributed by atoms with E-state index in [2.05, 4.69) is 10.3 Å². The standard InChI is InChI=1S/C13H11ClN2O2.C6H14N2O2/c1-8-7-9(14)4-5-11(8)16-12-10(13(17)18)3-2-6-15-12;7-4-2-1-3-5(8)6(9)10/h2-7H,1H3,(H,15,16)(H,17,18);5H,1-4,7-8H2,(H,9,10)/t;5-/m.0/s1. The van der Waals surface area contributed by atoms with Crippen molar-refractivity contribution in [2.24, 2.45) is 11.5 Å². The Labute approximate surface area is 168 Å². The molecular formula is C19H25ClN4O4. The molecule has 8 nitrogen and oxygen atoms in total. The number of benzene rings is 1. The summed E-state index contributed by atoms with van der Waals surface area (Å²) >= 11 is 5.86. The fourth-order valence-electron chi connectivity index (χ4n) is 2.20. The Hall–Kier alpha value is -2.68. The lowest BCUT2D eigenvalue weighted by Gasteiger charge is -2.10. The summed E-state index contributed by atoms with van der Waals surface area (Å²) in [5.41, 5.74) is 12.2. The van der Waals surface area contributed by atoms with Crippen molar-refractivity contribution in [1.29, 1.82) is 0 Å². The lowest BCUT2D eigenvalue weighted by Crippen LogP contribution is -2.29. The van der Waals surface area contributed by atoms with Crippen LogP contribution in [-0.4, -0.2) is 39.7 Å². The number of hydrogen-bond acceptors (Lipinski definition) is 6. The molecule has 0 radical (unpaired) electrons. The molecule has 1 heterocycles. The van der Waals surface area contributed by atoms with Gasteiger partial charge in [-0.25, -0.2) is 9.78 Å². The molecule has 9 heteroatoms. The minimum absolute atomic E-state index is 0.131. The third kappa shape index (κ3) is 7.91. The fourth-order valence-corrected chi connectivity index (χ4v) is 2.43. The molecule has 2 rings (SSSR count). The number of carboxylic acids is 2. The van der Waals surface area contributed by atoms with Crippen molar-refractivity contribution >= 4 is 35.0 Å². The van der Waals surface area contributed by atoms with E-state index >= 15 is 0 Å². The van der Waals surface area contributed by atoms with Crippen LogP contribution in [0.25, 0.3) is 0 Å². The Balaban J connectivity index is 0.000000336. The Kier molecular flexibility index (Phi) is 9.94. The largest absolute Gasteiger partial charge is 0.480 e. The number of halogens is 1. The van der Waals surface area contributed by atoms with E-state index in [0.29, 0.717) is 23.8 Å². The fraction of sp³-hybridized carbons (Fsp3) is 0.316. The SMILES string of the molecule is Cc1cc(Cl)ccc1Nc1ncccc1C(=O)O.NCCCC[C@H](N)C(=O)O. The van der Waals surface area contributed by atoms with Gasteiger partial charge in [0.1, 0.15) is 17.4 Å². The van der Waals surface area contributed by atoms with Gasteiger partial charge in [-0.2, -0.15) is 0 Å². The minimum atomic E-state index is -1.02. The Bertz CT molecular complexity index is 801. The molecule has 0 unspecified atom stereocenters. The molecule has 0 fully saturated rings.